The summed E-state index contributed by atoms with van der Waals surface area (Å²) < 4.78 is 28.9. The zero-order valence-corrected chi connectivity index (χ0v) is 14.6. The number of anilines is 2. The van der Waals surface area contributed by atoms with E-state index in [1.807, 2.05) is 0 Å². The van der Waals surface area contributed by atoms with Gasteiger partial charge in [-0.15, -0.1) is 0 Å². The predicted molar refractivity (Wildman–Crippen MR) is 94.4 cm³/mol. The number of rotatable bonds is 7. The number of carbonyl (C=O) groups excluding carboxylic acids is 2. The molecule has 0 radical (unpaired) electrons. The fraction of sp³-hybridized carbons (Fsp3) is 0.222. The molecule has 0 unspecified atom stereocenters. The first-order chi connectivity index (χ1) is 12.5. The van der Waals surface area contributed by atoms with Gasteiger partial charge in [-0.1, -0.05) is 0 Å². The van der Waals surface area contributed by atoms with E-state index in [-0.39, 0.29) is 18.1 Å². The van der Waals surface area contributed by atoms with E-state index in [1.54, 1.807) is 12.1 Å². The van der Waals surface area contributed by atoms with E-state index < -0.39 is 11.7 Å². The van der Waals surface area contributed by atoms with Gasteiger partial charge in [-0.3, -0.25) is 9.59 Å². The fourth-order valence-electron chi connectivity index (χ4n) is 2.20. The summed E-state index contributed by atoms with van der Waals surface area (Å²) in [6.07, 6.45) is 0. The van der Waals surface area contributed by atoms with Crippen molar-refractivity contribution in [1.29, 1.82) is 0 Å². The van der Waals surface area contributed by atoms with Gasteiger partial charge in [0, 0.05) is 24.9 Å². The predicted octanol–water partition coefficient (Wildman–Crippen LogP) is 2.68. The molecule has 0 saturated heterocycles. The summed E-state index contributed by atoms with van der Waals surface area (Å²) in [6, 6.07) is 8.59. The highest BCUT2D eigenvalue weighted by molar-refractivity contribution is 6.05. The summed E-state index contributed by atoms with van der Waals surface area (Å²) in [4.78, 5) is 23.9. The Kier molecular flexibility index (Phi) is 6.51. The van der Waals surface area contributed by atoms with Crippen LogP contribution in [-0.4, -0.2) is 39.8 Å². The van der Waals surface area contributed by atoms with Crippen molar-refractivity contribution < 1.29 is 28.2 Å². The van der Waals surface area contributed by atoms with Crippen molar-refractivity contribution in [3.8, 4) is 11.5 Å². The number of methoxy groups -OCH3 is 3. The average molecular weight is 362 g/mol. The molecular formula is C18H19FN2O5. The summed E-state index contributed by atoms with van der Waals surface area (Å²) in [7, 11) is 4.25. The number of benzene rings is 2. The zero-order chi connectivity index (χ0) is 19.1. The molecule has 26 heavy (non-hydrogen) atoms. The van der Waals surface area contributed by atoms with E-state index in [4.69, 9.17) is 14.2 Å². The van der Waals surface area contributed by atoms with Crippen LogP contribution in [0, 0.1) is 5.82 Å². The molecule has 0 aromatic heterocycles. The van der Waals surface area contributed by atoms with Crippen molar-refractivity contribution in [2.45, 2.75) is 0 Å². The summed E-state index contributed by atoms with van der Waals surface area (Å²) >= 11 is 0. The van der Waals surface area contributed by atoms with Gasteiger partial charge in [-0.25, -0.2) is 4.39 Å². The second-order valence-electron chi connectivity index (χ2n) is 5.20. The van der Waals surface area contributed by atoms with E-state index in [0.717, 1.165) is 6.07 Å². The molecule has 0 aliphatic carbocycles. The molecule has 2 aromatic rings. The van der Waals surface area contributed by atoms with Gasteiger partial charge in [-0.05, 0) is 24.3 Å². The smallest absolute Gasteiger partial charge is 0.258 e. The van der Waals surface area contributed by atoms with Crippen molar-refractivity contribution in [3.05, 3.63) is 47.8 Å². The van der Waals surface area contributed by atoms with Crippen LogP contribution in [0.25, 0.3) is 0 Å². The van der Waals surface area contributed by atoms with Crippen molar-refractivity contribution >= 4 is 23.2 Å². The monoisotopic (exact) mass is 362 g/mol. The molecule has 0 atom stereocenters. The molecule has 7 nitrogen and oxygen atoms in total. The van der Waals surface area contributed by atoms with Crippen LogP contribution in [0.4, 0.5) is 15.8 Å². The molecule has 2 N–H and O–H groups in total. The lowest BCUT2D eigenvalue weighted by molar-refractivity contribution is -0.119. The van der Waals surface area contributed by atoms with Gasteiger partial charge >= 0.3 is 0 Å². The van der Waals surface area contributed by atoms with Gasteiger partial charge in [0.1, 0.15) is 23.9 Å². The van der Waals surface area contributed by atoms with E-state index in [0.29, 0.717) is 22.9 Å². The minimum absolute atomic E-state index is 0.0988. The molecule has 2 rings (SSSR count). The standard InChI is InChI=1S/C18H19FN2O5/c1-24-10-17(22)21-15-7-4-11(8-16(15)26-3)20-18(23)13-6-5-12(25-2)9-14(13)19/h4-9H,10H2,1-3H3,(H,20,23)(H,21,22). The quantitative estimate of drug-likeness (QED) is 0.791. The Labute approximate surface area is 150 Å². The first kappa shape index (κ1) is 19.2. The van der Waals surface area contributed by atoms with Crippen molar-refractivity contribution in [1.82, 2.24) is 0 Å². The molecule has 0 aliphatic heterocycles. The molecule has 2 amide bonds. The third kappa shape index (κ3) is 4.70. The lowest BCUT2D eigenvalue weighted by atomic mass is 10.1. The topological polar surface area (TPSA) is 85.9 Å². The summed E-state index contributed by atoms with van der Waals surface area (Å²) in [6.45, 7) is -0.0988. The van der Waals surface area contributed by atoms with Crippen LogP contribution in [0.5, 0.6) is 11.5 Å². The largest absolute Gasteiger partial charge is 0.497 e. The van der Waals surface area contributed by atoms with Crippen LogP contribution < -0.4 is 20.1 Å². The lowest BCUT2D eigenvalue weighted by Gasteiger charge is -2.13. The molecule has 8 heteroatoms. The molecule has 0 aliphatic rings. The Balaban J connectivity index is 2.16. The summed E-state index contributed by atoms with van der Waals surface area (Å²) in [5.41, 5.74) is 0.678. The van der Waals surface area contributed by atoms with Crippen molar-refractivity contribution in [3.63, 3.8) is 0 Å². The van der Waals surface area contributed by atoms with Crippen LogP contribution in [0.2, 0.25) is 0 Å². The molecule has 0 saturated carbocycles. The highest BCUT2D eigenvalue weighted by Crippen LogP contribution is 2.28. The normalized spacial score (nSPS) is 10.2. The highest BCUT2D eigenvalue weighted by Gasteiger charge is 2.14. The lowest BCUT2D eigenvalue weighted by Crippen LogP contribution is -2.18. The molecule has 0 fully saturated rings. The number of halogens is 1. The number of hydrogen-bond acceptors (Lipinski definition) is 5. The van der Waals surface area contributed by atoms with Gasteiger partial charge in [0.2, 0.25) is 5.91 Å². The molecule has 0 spiro atoms. The van der Waals surface area contributed by atoms with Gasteiger partial charge in [0.25, 0.3) is 5.91 Å². The highest BCUT2D eigenvalue weighted by atomic mass is 19.1. The maximum absolute atomic E-state index is 14.0. The van der Waals surface area contributed by atoms with Crippen LogP contribution in [0.1, 0.15) is 10.4 Å². The molecule has 0 heterocycles. The Morgan fingerprint density at radius 3 is 2.38 bits per heavy atom. The van der Waals surface area contributed by atoms with Gasteiger partial charge in [-0.2, -0.15) is 0 Å². The van der Waals surface area contributed by atoms with E-state index in [1.165, 1.54) is 39.5 Å². The molecule has 2 aromatic carbocycles. The number of carbonyl (C=O) groups is 2. The van der Waals surface area contributed by atoms with Gasteiger partial charge < -0.3 is 24.8 Å². The van der Waals surface area contributed by atoms with E-state index in [2.05, 4.69) is 10.6 Å². The van der Waals surface area contributed by atoms with Gasteiger partial charge in [0.15, 0.2) is 0 Å². The van der Waals surface area contributed by atoms with Crippen molar-refractivity contribution in [2.24, 2.45) is 0 Å². The van der Waals surface area contributed by atoms with Crippen molar-refractivity contribution in [2.75, 3.05) is 38.6 Å². The number of ether oxygens (including phenoxy) is 3. The number of amides is 2. The third-order valence-corrected chi connectivity index (χ3v) is 3.43. The minimum atomic E-state index is -0.697. The summed E-state index contributed by atoms with van der Waals surface area (Å²) in [5.74, 6) is -1.01. The zero-order valence-electron chi connectivity index (χ0n) is 14.6. The number of nitrogens with one attached hydrogen (secondary N) is 2. The Bertz CT molecular complexity index is 810. The van der Waals surface area contributed by atoms with Gasteiger partial charge in [0.05, 0.1) is 25.5 Å². The minimum Gasteiger partial charge on any atom is -0.497 e. The van der Waals surface area contributed by atoms with E-state index >= 15 is 0 Å². The van der Waals surface area contributed by atoms with Crippen LogP contribution in [-0.2, 0) is 9.53 Å². The maximum atomic E-state index is 14.0. The average Bonchev–Trinajstić information content (AvgIpc) is 2.62. The number of hydrogen-bond donors (Lipinski definition) is 2. The van der Waals surface area contributed by atoms with E-state index in [9.17, 15) is 14.0 Å². The second kappa shape index (κ2) is 8.82. The Morgan fingerprint density at radius 2 is 1.77 bits per heavy atom. The molecule has 138 valence electrons. The van der Waals surface area contributed by atoms with Crippen LogP contribution in [0.15, 0.2) is 36.4 Å². The maximum Gasteiger partial charge on any atom is 0.258 e. The SMILES string of the molecule is COCC(=O)Nc1ccc(NC(=O)c2ccc(OC)cc2F)cc1OC. The first-order valence-corrected chi connectivity index (χ1v) is 7.60. The van der Waals surface area contributed by atoms with Crippen LogP contribution in [0.3, 0.4) is 0 Å². The second-order valence-corrected chi connectivity index (χ2v) is 5.20. The third-order valence-electron chi connectivity index (χ3n) is 3.43. The molecular weight excluding hydrogens is 343 g/mol. The Hall–Kier alpha value is -3.13. The Morgan fingerprint density at radius 1 is 1.00 bits per heavy atom. The summed E-state index contributed by atoms with van der Waals surface area (Å²) in [5, 5.41) is 5.20. The first-order valence-electron chi connectivity index (χ1n) is 7.60. The fourth-order valence-corrected chi connectivity index (χ4v) is 2.20. The molecule has 0 bridgehead atoms. The van der Waals surface area contributed by atoms with Crippen LogP contribution >= 0.6 is 0 Å².